The lowest BCUT2D eigenvalue weighted by atomic mass is 10.0. The number of hydrogen-bond acceptors (Lipinski definition) is 10. The second-order valence-electron chi connectivity index (χ2n) is 8.21. The molecular weight excluding hydrogens is 520 g/mol. The smallest absolute Gasteiger partial charge is 0.352 e. The van der Waals surface area contributed by atoms with Crippen molar-refractivity contribution in [3.8, 4) is 0 Å². The molecule has 12 nitrogen and oxygen atoms in total. The third-order valence-electron chi connectivity index (χ3n) is 6.06. The van der Waals surface area contributed by atoms with E-state index < -0.39 is 34.9 Å². The van der Waals surface area contributed by atoms with Gasteiger partial charge in [-0.25, -0.2) is 9.78 Å². The molecule has 35 heavy (non-hydrogen) atoms. The minimum atomic E-state index is -1.28. The molecular formula is C20H21ClN6O6S2. The van der Waals surface area contributed by atoms with Crippen molar-refractivity contribution in [3.63, 3.8) is 0 Å². The van der Waals surface area contributed by atoms with Crippen molar-refractivity contribution >= 4 is 70.0 Å². The van der Waals surface area contributed by atoms with Gasteiger partial charge in [-0.15, -0.1) is 35.5 Å². The Morgan fingerprint density at radius 2 is 2.06 bits per heavy atom. The molecule has 2 atom stereocenters. The average molecular weight is 541 g/mol. The van der Waals surface area contributed by atoms with Gasteiger partial charge >= 0.3 is 5.97 Å². The highest BCUT2D eigenvalue weighted by Gasteiger charge is 2.54. The number of allylic oxidation sites excluding steroid dienone is 1. The molecule has 1 aromatic heterocycles. The molecule has 2 unspecified atom stereocenters. The third kappa shape index (κ3) is 4.36. The second kappa shape index (κ2) is 9.51. The number of carboxylic acids is 1. The summed E-state index contributed by atoms with van der Waals surface area (Å²) in [6.07, 6.45) is 4.12. The minimum Gasteiger partial charge on any atom is -0.477 e. The molecule has 5 N–H and O–H groups in total. The molecule has 15 heteroatoms. The number of nitrogens with two attached hydrogens (primary N) is 1. The maximum Gasteiger partial charge on any atom is 0.352 e. The van der Waals surface area contributed by atoms with Crippen molar-refractivity contribution in [3.05, 3.63) is 34.0 Å². The van der Waals surface area contributed by atoms with Crippen molar-refractivity contribution in [1.29, 1.82) is 0 Å². The van der Waals surface area contributed by atoms with E-state index in [1.165, 1.54) is 17.1 Å². The number of carbonyl (C=O) groups excluding carboxylic acids is 3. The fraction of sp³-hybridized carbons (Fsp3) is 0.400. The number of hydrogen-bond donors (Lipinski definition) is 4. The predicted octanol–water partition coefficient (Wildman–Crippen LogP) is 0.385. The zero-order valence-electron chi connectivity index (χ0n) is 18.0. The van der Waals surface area contributed by atoms with Gasteiger partial charge in [-0.1, -0.05) is 5.16 Å². The molecule has 1 aromatic rings. The first-order chi connectivity index (χ1) is 16.3. The van der Waals surface area contributed by atoms with Gasteiger partial charge in [-0.3, -0.25) is 19.3 Å². The number of thioether (sulfide) groups is 1. The van der Waals surface area contributed by atoms with Gasteiger partial charge in [0.25, 0.3) is 11.8 Å². The summed E-state index contributed by atoms with van der Waals surface area (Å²) in [6.45, 7) is 0.622. The predicted molar refractivity (Wildman–Crippen MR) is 129 cm³/mol. The first-order valence-corrected chi connectivity index (χ1v) is 12.4. The SMILES string of the molecule is Cl.Nc1nc(C(=NO)C(=O)NC2C(=O)N3C(C(=O)O)=C(C=C4CCN(C5CC5)C4=O)CSC23)cs1. The van der Waals surface area contributed by atoms with E-state index in [1.54, 1.807) is 6.08 Å². The van der Waals surface area contributed by atoms with E-state index in [2.05, 4.69) is 15.5 Å². The van der Waals surface area contributed by atoms with Gasteiger partial charge in [-0.05, 0) is 30.9 Å². The number of nitrogens with one attached hydrogen (secondary N) is 1. The Balaban J connectivity index is 0.00000289. The van der Waals surface area contributed by atoms with E-state index in [0.29, 0.717) is 24.1 Å². The normalized spacial score (nSPS) is 25.4. The zero-order valence-corrected chi connectivity index (χ0v) is 20.5. The van der Waals surface area contributed by atoms with Crippen molar-refractivity contribution in [2.75, 3.05) is 18.0 Å². The van der Waals surface area contributed by atoms with Gasteiger partial charge in [0, 0.05) is 29.3 Å². The fourth-order valence-electron chi connectivity index (χ4n) is 4.29. The number of thiazole rings is 1. The molecule has 2 saturated heterocycles. The number of halogens is 1. The topological polar surface area (TPSA) is 179 Å². The molecule has 3 aliphatic heterocycles. The van der Waals surface area contributed by atoms with Gasteiger partial charge in [-0.2, -0.15) is 0 Å². The van der Waals surface area contributed by atoms with E-state index in [4.69, 9.17) is 5.73 Å². The van der Waals surface area contributed by atoms with Gasteiger partial charge < -0.3 is 26.3 Å². The highest BCUT2D eigenvalue weighted by atomic mass is 35.5. The molecule has 1 aliphatic carbocycles. The van der Waals surface area contributed by atoms with Crippen molar-refractivity contribution in [2.45, 2.75) is 36.7 Å². The van der Waals surface area contributed by atoms with Crippen LogP contribution >= 0.6 is 35.5 Å². The maximum atomic E-state index is 12.9. The molecule has 0 bridgehead atoms. The van der Waals surface area contributed by atoms with Gasteiger partial charge in [0.05, 0.1) is 0 Å². The lowest BCUT2D eigenvalue weighted by Crippen LogP contribution is -2.71. The number of amides is 3. The first kappa shape index (κ1) is 25.0. The van der Waals surface area contributed by atoms with Crippen LogP contribution in [0.1, 0.15) is 25.0 Å². The summed E-state index contributed by atoms with van der Waals surface area (Å²) in [5.41, 5.74) is 5.96. The van der Waals surface area contributed by atoms with Gasteiger partial charge in [0.15, 0.2) is 10.8 Å². The molecule has 4 aliphatic rings. The summed E-state index contributed by atoms with van der Waals surface area (Å²) in [7, 11) is 0. The highest BCUT2D eigenvalue weighted by Crippen LogP contribution is 2.41. The number of rotatable bonds is 6. The molecule has 3 amide bonds. The minimum absolute atomic E-state index is 0. The van der Waals surface area contributed by atoms with Crippen molar-refractivity contribution in [2.24, 2.45) is 5.16 Å². The largest absolute Gasteiger partial charge is 0.477 e. The Morgan fingerprint density at radius 3 is 2.66 bits per heavy atom. The Bertz CT molecular complexity index is 1210. The number of nitrogens with zero attached hydrogens (tertiary/aromatic N) is 4. The number of aliphatic carboxylic acids is 1. The van der Waals surface area contributed by atoms with E-state index in [1.807, 2.05) is 4.90 Å². The number of carboxylic acid groups (broad SMARTS) is 1. The third-order valence-corrected chi connectivity index (χ3v) is 8.04. The molecule has 0 spiro atoms. The number of carbonyl (C=O) groups is 4. The van der Waals surface area contributed by atoms with Crippen molar-refractivity contribution in [1.82, 2.24) is 20.1 Å². The molecule has 4 heterocycles. The van der Waals surface area contributed by atoms with Crippen LogP contribution in [-0.4, -0.2) is 84.3 Å². The number of likely N-dealkylation sites (tertiary alicyclic amines) is 1. The summed E-state index contributed by atoms with van der Waals surface area (Å²) >= 11 is 2.34. The number of β-lactam (4-membered cyclic amide) rings is 1. The second-order valence-corrected chi connectivity index (χ2v) is 10.2. The Hall–Kier alpha value is -3.10. The van der Waals surface area contributed by atoms with E-state index in [9.17, 15) is 29.5 Å². The number of fused-ring (bicyclic) bond motifs is 1. The highest BCUT2D eigenvalue weighted by molar-refractivity contribution is 8.00. The summed E-state index contributed by atoms with van der Waals surface area (Å²) in [6, 6.07) is -0.724. The Labute approximate surface area is 213 Å². The lowest BCUT2D eigenvalue weighted by Gasteiger charge is -2.49. The number of aromatic nitrogens is 1. The standard InChI is InChI=1S/C20H20N6O6S2.ClH/c21-20-22-11(7-34-20)12(24-32)15(27)23-13-17(29)26-14(19(30)31)9(6-33-18(13)26)5-8-3-4-25(16(8)28)10-1-2-10;/h5,7,10,13,18,32H,1-4,6H2,(H2,21,22)(H,23,27)(H,30,31);1H. The van der Waals surface area contributed by atoms with Crippen LogP contribution in [0.5, 0.6) is 0 Å². The number of oxime groups is 1. The van der Waals surface area contributed by atoms with E-state index in [0.717, 1.165) is 29.1 Å². The van der Waals surface area contributed by atoms with Crippen LogP contribution in [0.25, 0.3) is 0 Å². The summed E-state index contributed by atoms with van der Waals surface area (Å²) in [5.74, 6) is -2.55. The lowest BCUT2D eigenvalue weighted by molar-refractivity contribution is -0.150. The first-order valence-electron chi connectivity index (χ1n) is 10.5. The van der Waals surface area contributed by atoms with E-state index >= 15 is 0 Å². The van der Waals surface area contributed by atoms with Crippen LogP contribution < -0.4 is 11.1 Å². The van der Waals surface area contributed by atoms with Crippen molar-refractivity contribution < 1.29 is 29.5 Å². The summed E-state index contributed by atoms with van der Waals surface area (Å²) in [5, 5.41) is 25.5. The Kier molecular flexibility index (Phi) is 6.79. The molecule has 0 radical (unpaired) electrons. The molecule has 0 aromatic carbocycles. The number of anilines is 1. The Morgan fingerprint density at radius 1 is 1.31 bits per heavy atom. The summed E-state index contributed by atoms with van der Waals surface area (Å²) < 4.78 is 0. The van der Waals surface area contributed by atoms with Gasteiger partial charge in [0.1, 0.15) is 22.8 Å². The van der Waals surface area contributed by atoms with Crippen LogP contribution in [0.3, 0.4) is 0 Å². The zero-order chi connectivity index (χ0) is 24.1. The van der Waals surface area contributed by atoms with Crippen LogP contribution in [-0.2, 0) is 19.2 Å². The maximum absolute atomic E-state index is 12.9. The number of nitrogen functional groups attached to an aromatic ring is 1. The van der Waals surface area contributed by atoms with Crippen LogP contribution in [0.15, 0.2) is 33.5 Å². The molecule has 3 fully saturated rings. The monoisotopic (exact) mass is 540 g/mol. The molecule has 186 valence electrons. The quantitative estimate of drug-likeness (QED) is 0.130. The fourth-order valence-corrected chi connectivity index (χ4v) is 6.14. The van der Waals surface area contributed by atoms with Crippen LogP contribution in [0.4, 0.5) is 5.13 Å². The van der Waals surface area contributed by atoms with Crippen LogP contribution in [0, 0.1) is 0 Å². The van der Waals surface area contributed by atoms with Gasteiger partial charge in [0.2, 0.25) is 5.91 Å². The average Bonchev–Trinajstić information content (AvgIpc) is 3.46. The molecule has 5 rings (SSSR count). The summed E-state index contributed by atoms with van der Waals surface area (Å²) in [4.78, 5) is 57.0. The van der Waals surface area contributed by atoms with Crippen LogP contribution in [0.2, 0.25) is 0 Å². The molecule has 1 saturated carbocycles. The van der Waals surface area contributed by atoms with E-state index in [-0.39, 0.29) is 46.6 Å².